The Hall–Kier alpha value is -0.920. The Morgan fingerprint density at radius 1 is 1.35 bits per heavy atom. The van der Waals surface area contributed by atoms with Crippen LogP contribution in [0.3, 0.4) is 0 Å². The van der Waals surface area contributed by atoms with E-state index in [2.05, 4.69) is 24.1 Å². The number of rotatable bonds is 6. The molecular formula is C17H28Cl3N3O3. The third-order valence-electron chi connectivity index (χ3n) is 4.00. The summed E-state index contributed by atoms with van der Waals surface area (Å²) in [6, 6.07) is 3.10. The number of nitrogens with one attached hydrogen (secondary N) is 1. The van der Waals surface area contributed by atoms with Crippen LogP contribution in [0.15, 0.2) is 12.1 Å². The molecule has 3 N–H and O–H groups in total. The monoisotopic (exact) mass is 427 g/mol. The van der Waals surface area contributed by atoms with Crippen molar-refractivity contribution < 1.29 is 14.3 Å². The minimum absolute atomic E-state index is 0. The molecule has 6 nitrogen and oxygen atoms in total. The van der Waals surface area contributed by atoms with Gasteiger partial charge in [-0.05, 0) is 26.3 Å². The number of hydrogen-bond acceptors (Lipinski definition) is 5. The Labute approximate surface area is 172 Å². The van der Waals surface area contributed by atoms with E-state index in [1.54, 1.807) is 6.07 Å². The summed E-state index contributed by atoms with van der Waals surface area (Å²) in [5.41, 5.74) is 6.52. The van der Waals surface area contributed by atoms with Gasteiger partial charge in [-0.2, -0.15) is 0 Å². The molecule has 1 heterocycles. The van der Waals surface area contributed by atoms with Gasteiger partial charge < -0.3 is 20.5 Å². The first kappa shape index (κ1) is 25.1. The van der Waals surface area contributed by atoms with Crippen LogP contribution in [0.2, 0.25) is 5.02 Å². The van der Waals surface area contributed by atoms with Crippen molar-refractivity contribution in [2.24, 2.45) is 0 Å². The molecule has 0 radical (unpaired) electrons. The summed E-state index contributed by atoms with van der Waals surface area (Å²) in [6.07, 6.45) is 1.38. The second kappa shape index (κ2) is 11.7. The predicted octanol–water partition coefficient (Wildman–Crippen LogP) is 3.00. The number of carbonyl (C=O) groups excluding carboxylic acids is 1. The first-order valence-corrected chi connectivity index (χ1v) is 8.57. The highest BCUT2D eigenvalue weighted by Crippen LogP contribution is 2.28. The number of hydrogen-bond donors (Lipinski definition) is 2. The molecule has 0 aromatic heterocycles. The van der Waals surface area contributed by atoms with Crippen LogP contribution in [0.5, 0.6) is 5.75 Å². The van der Waals surface area contributed by atoms with E-state index in [4.69, 9.17) is 26.8 Å². The summed E-state index contributed by atoms with van der Waals surface area (Å²) in [7, 11) is 1.50. The maximum absolute atomic E-state index is 12.3. The van der Waals surface area contributed by atoms with Crippen LogP contribution in [0, 0.1) is 0 Å². The van der Waals surface area contributed by atoms with Gasteiger partial charge in [-0.15, -0.1) is 24.8 Å². The summed E-state index contributed by atoms with van der Waals surface area (Å²) in [5, 5.41) is 3.25. The van der Waals surface area contributed by atoms with E-state index in [1.165, 1.54) is 13.2 Å². The summed E-state index contributed by atoms with van der Waals surface area (Å²) >= 11 is 6.00. The van der Waals surface area contributed by atoms with Crippen molar-refractivity contribution in [1.29, 1.82) is 0 Å². The van der Waals surface area contributed by atoms with Gasteiger partial charge in [-0.1, -0.05) is 11.6 Å². The third kappa shape index (κ3) is 7.00. The molecule has 2 unspecified atom stereocenters. The Morgan fingerprint density at radius 2 is 1.96 bits per heavy atom. The molecule has 1 saturated heterocycles. The summed E-state index contributed by atoms with van der Waals surface area (Å²) in [5.74, 6) is 0.211. The molecule has 1 aromatic carbocycles. The number of carbonyl (C=O) groups is 1. The molecule has 1 amide bonds. The van der Waals surface area contributed by atoms with Crippen LogP contribution in [-0.4, -0.2) is 56.3 Å². The topological polar surface area (TPSA) is 76.8 Å². The SMILES string of the molecule is COc1cc(N)c(Cl)cc1C(=O)NCCCN1CC(C)OC(C)C1.Cl.Cl. The normalized spacial score (nSPS) is 19.8. The number of amides is 1. The zero-order valence-corrected chi connectivity index (χ0v) is 17.7. The van der Waals surface area contributed by atoms with Gasteiger partial charge in [0.1, 0.15) is 5.75 Å². The van der Waals surface area contributed by atoms with Crippen LogP contribution < -0.4 is 15.8 Å². The fourth-order valence-electron chi connectivity index (χ4n) is 2.98. The number of halogens is 3. The fourth-order valence-corrected chi connectivity index (χ4v) is 3.15. The summed E-state index contributed by atoms with van der Waals surface area (Å²) < 4.78 is 10.9. The van der Waals surface area contributed by atoms with E-state index in [0.717, 1.165) is 26.1 Å². The average Bonchev–Trinajstić information content (AvgIpc) is 2.52. The zero-order valence-electron chi connectivity index (χ0n) is 15.3. The van der Waals surface area contributed by atoms with Gasteiger partial charge in [-0.3, -0.25) is 9.69 Å². The molecule has 2 atom stereocenters. The smallest absolute Gasteiger partial charge is 0.255 e. The first-order valence-electron chi connectivity index (χ1n) is 8.19. The maximum atomic E-state index is 12.3. The molecule has 26 heavy (non-hydrogen) atoms. The molecule has 150 valence electrons. The zero-order chi connectivity index (χ0) is 17.7. The van der Waals surface area contributed by atoms with Crippen molar-refractivity contribution in [2.45, 2.75) is 32.5 Å². The molecule has 1 aliphatic rings. The molecular weight excluding hydrogens is 401 g/mol. The van der Waals surface area contributed by atoms with Crippen molar-refractivity contribution in [3.8, 4) is 5.75 Å². The van der Waals surface area contributed by atoms with Gasteiger partial charge >= 0.3 is 0 Å². The second-order valence-corrected chi connectivity index (χ2v) is 6.61. The largest absolute Gasteiger partial charge is 0.496 e. The number of nitrogen functional groups attached to an aromatic ring is 1. The lowest BCUT2D eigenvalue weighted by molar-refractivity contribution is -0.0679. The molecule has 9 heteroatoms. The van der Waals surface area contributed by atoms with Crippen LogP contribution in [-0.2, 0) is 4.74 Å². The molecule has 0 aliphatic carbocycles. The lowest BCUT2D eigenvalue weighted by atomic mass is 10.1. The number of nitrogens with zero attached hydrogens (tertiary/aromatic N) is 1. The lowest BCUT2D eigenvalue weighted by Crippen LogP contribution is -2.46. The number of anilines is 1. The number of benzene rings is 1. The van der Waals surface area contributed by atoms with Crippen LogP contribution in [0.25, 0.3) is 0 Å². The van der Waals surface area contributed by atoms with Gasteiger partial charge in [0, 0.05) is 32.2 Å². The van der Waals surface area contributed by atoms with Crippen molar-refractivity contribution >= 4 is 48.0 Å². The Bertz CT molecular complexity index is 580. The summed E-state index contributed by atoms with van der Waals surface area (Å²) in [6.45, 7) is 7.55. The van der Waals surface area contributed by atoms with E-state index in [1.807, 2.05) is 0 Å². The van der Waals surface area contributed by atoms with Gasteiger partial charge in [0.25, 0.3) is 5.91 Å². The molecule has 1 fully saturated rings. The van der Waals surface area contributed by atoms with E-state index >= 15 is 0 Å². The van der Waals surface area contributed by atoms with Gasteiger partial charge in [-0.25, -0.2) is 0 Å². The number of ether oxygens (including phenoxy) is 2. The quantitative estimate of drug-likeness (QED) is 0.538. The van der Waals surface area contributed by atoms with Crippen molar-refractivity contribution in [3.63, 3.8) is 0 Å². The molecule has 2 rings (SSSR count). The Balaban J connectivity index is 0.00000312. The lowest BCUT2D eigenvalue weighted by Gasteiger charge is -2.35. The summed E-state index contributed by atoms with van der Waals surface area (Å²) in [4.78, 5) is 14.7. The predicted molar refractivity (Wildman–Crippen MR) is 110 cm³/mol. The van der Waals surface area contributed by atoms with Crippen molar-refractivity contribution in [1.82, 2.24) is 10.2 Å². The highest BCUT2D eigenvalue weighted by Gasteiger charge is 2.21. The highest BCUT2D eigenvalue weighted by molar-refractivity contribution is 6.33. The molecule has 0 spiro atoms. The average molecular weight is 429 g/mol. The minimum Gasteiger partial charge on any atom is -0.496 e. The first-order chi connectivity index (χ1) is 11.4. The number of nitrogens with two attached hydrogens (primary N) is 1. The maximum Gasteiger partial charge on any atom is 0.255 e. The third-order valence-corrected chi connectivity index (χ3v) is 4.32. The second-order valence-electron chi connectivity index (χ2n) is 6.20. The van der Waals surface area contributed by atoms with E-state index in [0.29, 0.717) is 28.6 Å². The van der Waals surface area contributed by atoms with E-state index < -0.39 is 0 Å². The molecule has 0 saturated carbocycles. The molecule has 0 bridgehead atoms. The minimum atomic E-state index is -0.211. The Kier molecular flexibility index (Phi) is 11.3. The van der Waals surface area contributed by atoms with Gasteiger partial charge in [0.05, 0.1) is 35.6 Å². The highest BCUT2D eigenvalue weighted by atomic mass is 35.5. The number of morpholine rings is 1. The standard InChI is InChI=1S/C17H26ClN3O3.2ClH/c1-11-9-21(10-12(2)24-11)6-4-5-20-17(22)13-7-14(18)15(19)8-16(13)23-3;;/h7-8,11-12H,4-6,9-10,19H2,1-3H3,(H,20,22);2*1H. The van der Waals surface area contributed by atoms with E-state index in [9.17, 15) is 4.79 Å². The van der Waals surface area contributed by atoms with Crippen LogP contribution in [0.1, 0.15) is 30.6 Å². The molecule has 1 aromatic rings. The van der Waals surface area contributed by atoms with Gasteiger partial charge in [0.15, 0.2) is 0 Å². The fraction of sp³-hybridized carbons (Fsp3) is 0.588. The van der Waals surface area contributed by atoms with Crippen molar-refractivity contribution in [3.05, 3.63) is 22.7 Å². The number of methoxy groups -OCH3 is 1. The van der Waals surface area contributed by atoms with Crippen LogP contribution in [0.4, 0.5) is 5.69 Å². The molecule has 1 aliphatic heterocycles. The van der Waals surface area contributed by atoms with Crippen molar-refractivity contribution in [2.75, 3.05) is 39.0 Å². The van der Waals surface area contributed by atoms with Gasteiger partial charge in [0.2, 0.25) is 0 Å². The van der Waals surface area contributed by atoms with E-state index in [-0.39, 0.29) is 42.9 Å². The van der Waals surface area contributed by atoms with Crippen LogP contribution >= 0.6 is 36.4 Å². The Morgan fingerprint density at radius 3 is 2.54 bits per heavy atom.